The van der Waals surface area contributed by atoms with E-state index in [4.69, 9.17) is 4.74 Å². The zero-order valence-electron chi connectivity index (χ0n) is 10.1. The van der Waals surface area contributed by atoms with E-state index in [-0.39, 0.29) is 11.7 Å². The number of ketones is 1. The minimum atomic E-state index is -1.14. The van der Waals surface area contributed by atoms with Gasteiger partial charge in [0.25, 0.3) is 0 Å². The third-order valence-electron chi connectivity index (χ3n) is 3.23. The Labute approximate surface area is 101 Å². The lowest BCUT2D eigenvalue weighted by Crippen LogP contribution is -2.28. The molecule has 1 fully saturated rings. The summed E-state index contributed by atoms with van der Waals surface area (Å²) in [7, 11) is 0. The van der Waals surface area contributed by atoms with Gasteiger partial charge < -0.3 is 9.84 Å². The highest BCUT2D eigenvalue weighted by atomic mass is 16.5. The predicted molar refractivity (Wildman–Crippen MR) is 64.5 cm³/mol. The average Bonchev–Trinajstić information content (AvgIpc) is 2.54. The van der Waals surface area contributed by atoms with Crippen LogP contribution in [0.5, 0.6) is 0 Å². The molecule has 1 aliphatic rings. The van der Waals surface area contributed by atoms with Crippen LogP contribution in [0.25, 0.3) is 0 Å². The highest BCUT2D eigenvalue weighted by Gasteiger charge is 2.41. The van der Waals surface area contributed by atoms with Crippen LogP contribution in [0, 0.1) is 5.92 Å². The van der Waals surface area contributed by atoms with E-state index in [0.717, 1.165) is 5.56 Å². The lowest BCUT2D eigenvalue weighted by Gasteiger charge is -2.14. The number of aliphatic hydroxyl groups is 1. The molecule has 2 rings (SSSR count). The summed E-state index contributed by atoms with van der Waals surface area (Å²) in [5.41, 5.74) is -0.00980. The van der Waals surface area contributed by atoms with Gasteiger partial charge in [0.2, 0.25) is 0 Å². The summed E-state index contributed by atoms with van der Waals surface area (Å²) < 4.78 is 5.58. The smallest absolute Gasteiger partial charge is 0.164 e. The molecule has 1 aromatic carbocycles. The van der Waals surface area contributed by atoms with E-state index in [1.54, 1.807) is 6.92 Å². The summed E-state index contributed by atoms with van der Waals surface area (Å²) in [4.78, 5) is 11.4. The van der Waals surface area contributed by atoms with Crippen LogP contribution in [0.15, 0.2) is 30.3 Å². The topological polar surface area (TPSA) is 46.5 Å². The highest BCUT2D eigenvalue weighted by Crippen LogP contribution is 2.31. The molecule has 0 unspecified atom stereocenters. The molecule has 0 bridgehead atoms. The summed E-state index contributed by atoms with van der Waals surface area (Å²) in [5, 5.41) is 9.74. The fraction of sp³-hybridized carbons (Fsp3) is 0.500. The molecule has 0 aromatic heterocycles. The molecule has 1 aromatic rings. The number of benzene rings is 1. The molecule has 3 nitrogen and oxygen atoms in total. The lowest BCUT2D eigenvalue weighted by atomic mass is 10.0. The minimum absolute atomic E-state index is 0.0641. The second-order valence-corrected chi connectivity index (χ2v) is 4.97. The maximum Gasteiger partial charge on any atom is 0.164 e. The van der Waals surface area contributed by atoms with Crippen molar-refractivity contribution in [1.29, 1.82) is 0 Å². The second kappa shape index (κ2) is 4.98. The van der Waals surface area contributed by atoms with Crippen molar-refractivity contribution >= 4 is 5.78 Å². The van der Waals surface area contributed by atoms with E-state index in [9.17, 15) is 9.90 Å². The fourth-order valence-electron chi connectivity index (χ4n) is 2.27. The van der Waals surface area contributed by atoms with Gasteiger partial charge in [-0.1, -0.05) is 30.3 Å². The van der Waals surface area contributed by atoms with Gasteiger partial charge in [0.15, 0.2) is 5.78 Å². The van der Waals surface area contributed by atoms with Crippen molar-refractivity contribution in [2.24, 2.45) is 5.92 Å². The van der Waals surface area contributed by atoms with Crippen molar-refractivity contribution in [3.8, 4) is 0 Å². The summed E-state index contributed by atoms with van der Waals surface area (Å²) >= 11 is 0. The maximum absolute atomic E-state index is 11.4. The SMILES string of the molecule is C[C@]1(O)C[C@@H](COCc2ccccc2)CC1=O. The van der Waals surface area contributed by atoms with E-state index in [2.05, 4.69) is 0 Å². The molecule has 0 heterocycles. The molecule has 0 saturated heterocycles. The van der Waals surface area contributed by atoms with Gasteiger partial charge in [0.1, 0.15) is 5.60 Å². The first-order valence-corrected chi connectivity index (χ1v) is 5.95. The number of rotatable bonds is 4. The molecule has 0 amide bonds. The van der Waals surface area contributed by atoms with Crippen molar-refractivity contribution in [3.05, 3.63) is 35.9 Å². The van der Waals surface area contributed by atoms with Gasteiger partial charge in [-0.25, -0.2) is 0 Å². The summed E-state index contributed by atoms with van der Waals surface area (Å²) in [6, 6.07) is 9.94. The molecule has 3 heteroatoms. The largest absolute Gasteiger partial charge is 0.382 e. The summed E-state index contributed by atoms with van der Waals surface area (Å²) in [6.45, 7) is 2.69. The van der Waals surface area contributed by atoms with Crippen LogP contribution >= 0.6 is 0 Å². The number of carbonyl (C=O) groups is 1. The Morgan fingerprint density at radius 3 is 2.71 bits per heavy atom. The third kappa shape index (κ3) is 3.14. The molecule has 0 aliphatic heterocycles. The number of ether oxygens (including phenoxy) is 1. The molecule has 0 radical (unpaired) electrons. The Bertz CT molecular complexity index is 384. The van der Waals surface area contributed by atoms with Gasteiger partial charge >= 0.3 is 0 Å². The van der Waals surface area contributed by atoms with Gasteiger partial charge in [-0.2, -0.15) is 0 Å². The first-order valence-electron chi connectivity index (χ1n) is 5.95. The Balaban J connectivity index is 1.76. The number of carbonyl (C=O) groups excluding carboxylic acids is 1. The van der Waals surface area contributed by atoms with Crippen LogP contribution in [0.1, 0.15) is 25.3 Å². The van der Waals surface area contributed by atoms with Gasteiger partial charge in [-0.15, -0.1) is 0 Å². The maximum atomic E-state index is 11.4. The first kappa shape index (κ1) is 12.3. The van der Waals surface area contributed by atoms with Gasteiger partial charge in [0, 0.05) is 6.42 Å². The second-order valence-electron chi connectivity index (χ2n) is 4.97. The Morgan fingerprint density at radius 2 is 2.12 bits per heavy atom. The van der Waals surface area contributed by atoms with Crippen molar-refractivity contribution in [1.82, 2.24) is 0 Å². The molecule has 92 valence electrons. The highest BCUT2D eigenvalue weighted by molar-refractivity contribution is 5.88. The molecule has 1 N–H and O–H groups in total. The average molecular weight is 234 g/mol. The van der Waals surface area contributed by atoms with Crippen LogP contribution in [0.3, 0.4) is 0 Å². The van der Waals surface area contributed by atoms with E-state index >= 15 is 0 Å². The van der Waals surface area contributed by atoms with Crippen molar-refractivity contribution in [2.45, 2.75) is 32.0 Å². The van der Waals surface area contributed by atoms with E-state index < -0.39 is 5.60 Å². The molecule has 1 aliphatic carbocycles. The molecular formula is C14H18O3. The summed E-state index contributed by atoms with van der Waals surface area (Å²) in [5.74, 6) is 0.0898. The molecular weight excluding hydrogens is 216 g/mol. The number of hydrogen-bond acceptors (Lipinski definition) is 3. The number of Topliss-reactive ketones (excluding diaryl/α,β-unsaturated/α-hetero) is 1. The third-order valence-corrected chi connectivity index (χ3v) is 3.23. The molecule has 0 spiro atoms. The molecule has 17 heavy (non-hydrogen) atoms. The molecule has 1 saturated carbocycles. The van der Waals surface area contributed by atoms with E-state index in [0.29, 0.717) is 26.1 Å². The monoisotopic (exact) mass is 234 g/mol. The predicted octanol–water partition coefficient (Wildman–Crippen LogP) is 1.93. The van der Waals surface area contributed by atoms with E-state index in [1.165, 1.54) is 0 Å². The molecule has 2 atom stereocenters. The normalized spacial score (nSPS) is 28.6. The van der Waals surface area contributed by atoms with Crippen LogP contribution in [-0.4, -0.2) is 23.1 Å². The van der Waals surface area contributed by atoms with Crippen molar-refractivity contribution < 1.29 is 14.6 Å². The van der Waals surface area contributed by atoms with E-state index in [1.807, 2.05) is 30.3 Å². The Hall–Kier alpha value is -1.19. The zero-order valence-corrected chi connectivity index (χ0v) is 10.1. The fourth-order valence-corrected chi connectivity index (χ4v) is 2.27. The van der Waals surface area contributed by atoms with Crippen LogP contribution in [0.4, 0.5) is 0 Å². The lowest BCUT2D eigenvalue weighted by molar-refractivity contribution is -0.131. The van der Waals surface area contributed by atoms with Gasteiger partial charge in [0.05, 0.1) is 13.2 Å². The Kier molecular flexibility index (Phi) is 3.60. The van der Waals surface area contributed by atoms with Crippen LogP contribution in [-0.2, 0) is 16.1 Å². The minimum Gasteiger partial charge on any atom is -0.382 e. The number of hydrogen-bond donors (Lipinski definition) is 1. The van der Waals surface area contributed by atoms with Crippen molar-refractivity contribution in [3.63, 3.8) is 0 Å². The quantitative estimate of drug-likeness (QED) is 0.866. The van der Waals surface area contributed by atoms with Gasteiger partial charge in [-0.05, 0) is 24.8 Å². The van der Waals surface area contributed by atoms with Crippen LogP contribution in [0.2, 0.25) is 0 Å². The first-order chi connectivity index (χ1) is 8.08. The van der Waals surface area contributed by atoms with Gasteiger partial charge in [-0.3, -0.25) is 4.79 Å². The zero-order chi connectivity index (χ0) is 12.3. The standard InChI is InChI=1S/C14H18O3/c1-14(16)8-12(7-13(14)15)10-17-9-11-5-3-2-4-6-11/h2-6,12,16H,7-10H2,1H3/t12-,14-/m0/s1. The van der Waals surface area contributed by atoms with Crippen LogP contribution < -0.4 is 0 Å². The summed E-state index contributed by atoms with van der Waals surface area (Å²) in [6.07, 6.45) is 0.947. The van der Waals surface area contributed by atoms with Crippen molar-refractivity contribution in [2.75, 3.05) is 6.61 Å². The Morgan fingerprint density at radius 1 is 1.41 bits per heavy atom.